The summed E-state index contributed by atoms with van der Waals surface area (Å²) < 4.78 is 5.84. The lowest BCUT2D eigenvalue weighted by Crippen LogP contribution is -2.17. The van der Waals surface area contributed by atoms with Crippen molar-refractivity contribution in [2.45, 2.75) is 0 Å². The lowest BCUT2D eigenvalue weighted by Gasteiger charge is -2.03. The smallest absolute Gasteiger partial charge is 0.290 e. The van der Waals surface area contributed by atoms with Gasteiger partial charge >= 0.3 is 0 Å². The monoisotopic (exact) mass is 363 g/mol. The van der Waals surface area contributed by atoms with E-state index in [-0.39, 0.29) is 16.2 Å². The van der Waals surface area contributed by atoms with Crippen molar-refractivity contribution in [3.8, 4) is 22.9 Å². The van der Waals surface area contributed by atoms with Crippen molar-refractivity contribution in [1.29, 1.82) is 5.26 Å². The number of benzene rings is 1. The van der Waals surface area contributed by atoms with Crippen LogP contribution in [0.3, 0.4) is 0 Å². The molecule has 2 aromatic heterocycles. The molecule has 0 saturated carbocycles. The largest absolute Gasteiger partial charge is 0.507 e. The second-order valence-corrected chi connectivity index (χ2v) is 6.46. The second-order valence-electron chi connectivity index (χ2n) is 5.45. The second kappa shape index (κ2) is 6.06. The Balaban J connectivity index is 1.82. The minimum absolute atomic E-state index is 0.102. The quantitative estimate of drug-likeness (QED) is 0.670. The predicted molar refractivity (Wildman–Crippen MR) is 94.9 cm³/mol. The molecule has 1 aromatic carbocycles. The van der Waals surface area contributed by atoms with E-state index < -0.39 is 11.1 Å². The van der Waals surface area contributed by atoms with Crippen LogP contribution < -0.4 is 5.32 Å². The molecule has 0 radical (unpaired) electrons. The summed E-state index contributed by atoms with van der Waals surface area (Å²) in [4.78, 5) is 27.3. The first-order valence-electron chi connectivity index (χ1n) is 7.41. The standard InChI is InChI=1S/C18H9N3O4S/c19-6-10-3-9(1-2-14(10)22)13-8-20-7-11-4-12(25-16(11)13)5-15-17(23)21-18(24)26-15/h1-5,7-8,22H,(H,21,23,24)/b15-5+. The van der Waals surface area contributed by atoms with Crippen molar-refractivity contribution >= 4 is 40.0 Å². The Bertz CT molecular complexity index is 1160. The maximum Gasteiger partial charge on any atom is 0.290 e. The van der Waals surface area contributed by atoms with E-state index in [1.54, 1.807) is 30.6 Å². The third kappa shape index (κ3) is 2.70. The highest BCUT2D eigenvalue weighted by atomic mass is 32.2. The zero-order valence-corrected chi connectivity index (χ0v) is 13.8. The van der Waals surface area contributed by atoms with E-state index in [9.17, 15) is 14.7 Å². The predicted octanol–water partition coefficient (Wildman–Crippen LogP) is 3.40. The van der Waals surface area contributed by atoms with Gasteiger partial charge in [0, 0.05) is 29.4 Å². The van der Waals surface area contributed by atoms with Crippen molar-refractivity contribution < 1.29 is 19.1 Å². The summed E-state index contributed by atoms with van der Waals surface area (Å²) in [6.45, 7) is 0. The highest BCUT2D eigenvalue weighted by Gasteiger charge is 2.25. The van der Waals surface area contributed by atoms with Gasteiger partial charge in [-0.25, -0.2) is 0 Å². The highest BCUT2D eigenvalue weighted by Crippen LogP contribution is 2.34. The third-order valence-electron chi connectivity index (χ3n) is 3.79. The van der Waals surface area contributed by atoms with Crippen molar-refractivity contribution in [2.75, 3.05) is 0 Å². The van der Waals surface area contributed by atoms with Gasteiger partial charge in [-0.15, -0.1) is 0 Å². The molecule has 0 atom stereocenters. The molecular weight excluding hydrogens is 354 g/mol. The molecule has 1 saturated heterocycles. The first kappa shape index (κ1) is 15.9. The van der Waals surface area contributed by atoms with E-state index in [0.717, 1.165) is 11.8 Å². The lowest BCUT2D eigenvalue weighted by molar-refractivity contribution is -0.115. The van der Waals surface area contributed by atoms with Gasteiger partial charge in [0.1, 0.15) is 23.2 Å². The molecule has 1 fully saturated rings. The minimum Gasteiger partial charge on any atom is -0.507 e. The van der Waals surface area contributed by atoms with Crippen LogP contribution in [0.4, 0.5) is 4.79 Å². The molecule has 0 unspecified atom stereocenters. The van der Waals surface area contributed by atoms with Gasteiger partial charge in [0.05, 0.1) is 10.5 Å². The number of aromatic nitrogens is 1. The number of hydrogen-bond acceptors (Lipinski definition) is 7. The van der Waals surface area contributed by atoms with Crippen LogP contribution in [0.5, 0.6) is 5.75 Å². The minimum atomic E-state index is -0.462. The maximum absolute atomic E-state index is 11.7. The number of carbonyl (C=O) groups excluding carboxylic acids is 2. The zero-order valence-electron chi connectivity index (χ0n) is 13.0. The summed E-state index contributed by atoms with van der Waals surface area (Å²) >= 11 is 0.808. The Labute approximate surface area is 150 Å². The number of thioether (sulfide) groups is 1. The molecule has 3 aromatic rings. The van der Waals surface area contributed by atoms with Crippen LogP contribution >= 0.6 is 11.8 Å². The summed E-state index contributed by atoms with van der Waals surface area (Å²) in [6.07, 6.45) is 4.70. The topological polar surface area (TPSA) is 116 Å². The van der Waals surface area contributed by atoms with Crippen LogP contribution in [-0.4, -0.2) is 21.2 Å². The van der Waals surface area contributed by atoms with Gasteiger partial charge < -0.3 is 9.52 Å². The number of nitrogens with one attached hydrogen (secondary N) is 1. The average molecular weight is 363 g/mol. The van der Waals surface area contributed by atoms with Crippen LogP contribution in [0.1, 0.15) is 11.3 Å². The van der Waals surface area contributed by atoms with Crippen molar-refractivity contribution in [1.82, 2.24) is 10.3 Å². The fraction of sp³-hybridized carbons (Fsp3) is 0. The van der Waals surface area contributed by atoms with Crippen molar-refractivity contribution in [3.05, 3.63) is 52.9 Å². The van der Waals surface area contributed by atoms with Crippen LogP contribution in [0.2, 0.25) is 0 Å². The molecule has 0 spiro atoms. The molecule has 3 heterocycles. The molecule has 1 aliphatic heterocycles. The molecule has 126 valence electrons. The fourth-order valence-electron chi connectivity index (χ4n) is 2.60. The summed E-state index contributed by atoms with van der Waals surface area (Å²) in [6, 6.07) is 8.28. The number of imide groups is 1. The van der Waals surface area contributed by atoms with Gasteiger partial charge in [0.2, 0.25) is 0 Å². The lowest BCUT2D eigenvalue weighted by atomic mass is 10.0. The maximum atomic E-state index is 11.7. The molecule has 2 amide bonds. The normalized spacial score (nSPS) is 15.4. The number of amides is 2. The molecule has 0 bridgehead atoms. The van der Waals surface area contributed by atoms with Crippen LogP contribution in [0, 0.1) is 11.3 Å². The number of phenolic OH excluding ortho intramolecular Hbond substituents is 1. The Morgan fingerprint density at radius 2 is 2.12 bits per heavy atom. The van der Waals surface area contributed by atoms with Crippen molar-refractivity contribution in [3.63, 3.8) is 0 Å². The zero-order chi connectivity index (χ0) is 18.3. The van der Waals surface area contributed by atoms with Gasteiger partial charge in [-0.05, 0) is 35.5 Å². The van der Waals surface area contributed by atoms with Crippen LogP contribution in [-0.2, 0) is 4.79 Å². The number of hydrogen-bond donors (Lipinski definition) is 2. The number of furan rings is 1. The Morgan fingerprint density at radius 3 is 2.85 bits per heavy atom. The Kier molecular flexibility index (Phi) is 3.71. The number of nitriles is 1. The molecule has 26 heavy (non-hydrogen) atoms. The number of carbonyl (C=O) groups is 2. The van der Waals surface area contributed by atoms with E-state index >= 15 is 0 Å². The van der Waals surface area contributed by atoms with Crippen LogP contribution in [0.25, 0.3) is 28.2 Å². The van der Waals surface area contributed by atoms with Gasteiger partial charge in [-0.1, -0.05) is 6.07 Å². The molecule has 8 heteroatoms. The molecule has 4 rings (SSSR count). The van der Waals surface area contributed by atoms with E-state index in [4.69, 9.17) is 9.68 Å². The number of pyridine rings is 1. The molecular formula is C18H9N3O4S. The van der Waals surface area contributed by atoms with Gasteiger partial charge in [0.25, 0.3) is 11.1 Å². The molecule has 7 nitrogen and oxygen atoms in total. The molecule has 1 aliphatic rings. The SMILES string of the molecule is N#Cc1cc(-c2cncc3cc(/C=C4/SC(=O)NC4=O)oc23)ccc1O. The number of phenols is 1. The van der Waals surface area contributed by atoms with Gasteiger partial charge in [-0.2, -0.15) is 5.26 Å². The number of fused-ring (bicyclic) bond motifs is 1. The molecule has 2 N–H and O–H groups in total. The third-order valence-corrected chi connectivity index (χ3v) is 4.60. The fourth-order valence-corrected chi connectivity index (χ4v) is 3.26. The van der Waals surface area contributed by atoms with E-state index in [2.05, 4.69) is 10.3 Å². The molecule has 0 aliphatic carbocycles. The number of nitrogens with zero attached hydrogens (tertiary/aromatic N) is 2. The first-order valence-corrected chi connectivity index (χ1v) is 8.22. The van der Waals surface area contributed by atoms with E-state index in [1.807, 2.05) is 6.07 Å². The van der Waals surface area contributed by atoms with Crippen LogP contribution in [0.15, 0.2) is 46.0 Å². The Morgan fingerprint density at radius 1 is 1.27 bits per heavy atom. The summed E-state index contributed by atoms with van der Waals surface area (Å²) in [5.74, 6) is -0.160. The number of aromatic hydroxyl groups is 1. The van der Waals surface area contributed by atoms with Crippen molar-refractivity contribution in [2.24, 2.45) is 0 Å². The average Bonchev–Trinajstić information content (AvgIpc) is 3.17. The Hall–Kier alpha value is -3.57. The number of rotatable bonds is 2. The summed E-state index contributed by atoms with van der Waals surface area (Å²) in [5.41, 5.74) is 1.97. The van der Waals surface area contributed by atoms with E-state index in [0.29, 0.717) is 27.9 Å². The van der Waals surface area contributed by atoms with E-state index in [1.165, 1.54) is 12.1 Å². The first-order chi connectivity index (χ1) is 12.5. The van der Waals surface area contributed by atoms with Gasteiger partial charge in [0.15, 0.2) is 0 Å². The summed E-state index contributed by atoms with van der Waals surface area (Å²) in [7, 11) is 0. The highest BCUT2D eigenvalue weighted by molar-refractivity contribution is 8.18. The summed E-state index contributed by atoms with van der Waals surface area (Å²) in [5, 5.41) is 21.2. The van der Waals surface area contributed by atoms with Gasteiger partial charge in [-0.3, -0.25) is 19.9 Å².